The molecule has 0 bridgehead atoms. The van der Waals surface area contributed by atoms with Crippen molar-refractivity contribution in [2.75, 3.05) is 7.11 Å². The Bertz CT molecular complexity index is 1080. The predicted octanol–water partition coefficient (Wildman–Crippen LogP) is 5.44. The van der Waals surface area contributed by atoms with Crippen molar-refractivity contribution in [3.05, 3.63) is 71.8 Å². The lowest BCUT2D eigenvalue weighted by Crippen LogP contribution is -1.97. The molecule has 2 aromatic heterocycles. The Morgan fingerprint density at radius 3 is 2.71 bits per heavy atom. The minimum atomic E-state index is -0.0696. The molecular weight excluding hydrogens is 396 g/mol. The first kappa shape index (κ1) is 18.6. The van der Waals surface area contributed by atoms with Crippen molar-refractivity contribution >= 4 is 23.4 Å². The van der Waals surface area contributed by atoms with E-state index in [0.717, 1.165) is 22.2 Å². The van der Waals surface area contributed by atoms with Crippen LogP contribution in [-0.4, -0.2) is 26.9 Å². The molecule has 0 saturated heterocycles. The van der Waals surface area contributed by atoms with Gasteiger partial charge in [0, 0.05) is 28.7 Å². The number of benzene rings is 2. The molecule has 0 saturated carbocycles. The fraction of sp³-hybridized carbons (Fsp3) is 0.150. The molecule has 0 aliphatic rings. The van der Waals surface area contributed by atoms with E-state index in [1.165, 1.54) is 11.8 Å². The molecule has 0 fully saturated rings. The van der Waals surface area contributed by atoms with Crippen molar-refractivity contribution in [2.24, 2.45) is 0 Å². The molecule has 1 atom stereocenters. The fourth-order valence-electron chi connectivity index (χ4n) is 2.66. The van der Waals surface area contributed by atoms with E-state index in [-0.39, 0.29) is 5.25 Å². The number of hydrogen-bond donors (Lipinski definition) is 0. The number of imidazole rings is 1. The van der Waals surface area contributed by atoms with Crippen molar-refractivity contribution in [2.45, 2.75) is 17.3 Å². The lowest BCUT2D eigenvalue weighted by molar-refractivity contribution is 0.415. The zero-order valence-corrected chi connectivity index (χ0v) is 16.8. The minimum Gasteiger partial charge on any atom is -0.497 e. The van der Waals surface area contributed by atoms with Crippen LogP contribution in [0.3, 0.4) is 0 Å². The van der Waals surface area contributed by atoms with Crippen LogP contribution in [0.25, 0.3) is 17.1 Å². The smallest absolute Gasteiger partial charge is 0.247 e. The highest BCUT2D eigenvalue weighted by Crippen LogP contribution is 2.35. The molecule has 0 aliphatic carbocycles. The Balaban J connectivity index is 1.53. The molecule has 28 heavy (non-hydrogen) atoms. The van der Waals surface area contributed by atoms with E-state index in [4.69, 9.17) is 20.8 Å². The topological polar surface area (TPSA) is 66.0 Å². The van der Waals surface area contributed by atoms with E-state index in [1.807, 2.05) is 66.2 Å². The number of hydrogen-bond acceptors (Lipinski definition) is 6. The Morgan fingerprint density at radius 1 is 1.14 bits per heavy atom. The maximum atomic E-state index is 6.11. The standard InChI is InChI=1S/C20H17ClN4O2S/c1-13(18-23-24-19(27-18)14-6-8-17(26-2)9-7-14)28-20-22-10-11-25(20)16-5-3-4-15(21)12-16/h3-13H,1-2H3. The molecular formula is C20H17ClN4O2S. The summed E-state index contributed by atoms with van der Waals surface area (Å²) in [6.45, 7) is 2.01. The van der Waals surface area contributed by atoms with Gasteiger partial charge in [0.2, 0.25) is 11.8 Å². The number of halogens is 1. The van der Waals surface area contributed by atoms with Crippen molar-refractivity contribution in [1.82, 2.24) is 19.7 Å². The molecule has 2 heterocycles. The quantitative estimate of drug-likeness (QED) is 0.393. The number of rotatable bonds is 6. The Labute approximate surface area is 171 Å². The summed E-state index contributed by atoms with van der Waals surface area (Å²) in [5.41, 5.74) is 1.79. The maximum Gasteiger partial charge on any atom is 0.247 e. The second-order valence-electron chi connectivity index (χ2n) is 5.99. The number of aromatic nitrogens is 4. The third-order valence-corrected chi connectivity index (χ3v) is 5.40. The number of nitrogens with zero attached hydrogens (tertiary/aromatic N) is 4. The zero-order valence-electron chi connectivity index (χ0n) is 15.2. The van der Waals surface area contributed by atoms with E-state index in [0.29, 0.717) is 16.8 Å². The summed E-state index contributed by atoms with van der Waals surface area (Å²) in [5, 5.41) is 9.80. The molecule has 8 heteroatoms. The average molecular weight is 413 g/mol. The number of methoxy groups -OCH3 is 1. The largest absolute Gasteiger partial charge is 0.497 e. The third kappa shape index (κ3) is 3.90. The molecule has 0 spiro atoms. The van der Waals surface area contributed by atoms with Crippen molar-refractivity contribution in [1.29, 1.82) is 0 Å². The summed E-state index contributed by atoms with van der Waals surface area (Å²) < 4.78 is 13.0. The van der Waals surface area contributed by atoms with Gasteiger partial charge in [-0.25, -0.2) is 4.98 Å². The van der Waals surface area contributed by atoms with Crippen molar-refractivity contribution < 1.29 is 9.15 Å². The van der Waals surface area contributed by atoms with Crippen LogP contribution in [-0.2, 0) is 0 Å². The van der Waals surface area contributed by atoms with E-state index in [9.17, 15) is 0 Å². The monoisotopic (exact) mass is 412 g/mol. The summed E-state index contributed by atoms with van der Waals surface area (Å²) in [7, 11) is 1.63. The molecule has 6 nitrogen and oxygen atoms in total. The highest BCUT2D eigenvalue weighted by molar-refractivity contribution is 7.99. The maximum absolute atomic E-state index is 6.11. The molecule has 0 N–H and O–H groups in total. The Hall–Kier alpha value is -2.77. The second kappa shape index (κ2) is 8.08. The van der Waals surface area contributed by atoms with Gasteiger partial charge in [-0.1, -0.05) is 29.4 Å². The SMILES string of the molecule is COc1ccc(-c2nnc(C(C)Sc3nccn3-c3cccc(Cl)c3)o2)cc1. The minimum absolute atomic E-state index is 0.0696. The van der Waals surface area contributed by atoms with Crippen LogP contribution in [0.15, 0.2) is 70.5 Å². The first-order valence-corrected chi connectivity index (χ1v) is 9.83. The zero-order chi connectivity index (χ0) is 19.5. The van der Waals surface area contributed by atoms with Gasteiger partial charge in [-0.15, -0.1) is 10.2 Å². The van der Waals surface area contributed by atoms with Crippen LogP contribution in [0.2, 0.25) is 5.02 Å². The van der Waals surface area contributed by atoms with Gasteiger partial charge in [0.15, 0.2) is 5.16 Å². The Kier molecular flexibility index (Phi) is 5.36. The van der Waals surface area contributed by atoms with Crippen molar-refractivity contribution in [3.63, 3.8) is 0 Å². The van der Waals surface area contributed by atoms with Gasteiger partial charge in [0.05, 0.1) is 12.4 Å². The third-order valence-electron chi connectivity index (χ3n) is 4.10. The van der Waals surface area contributed by atoms with E-state index >= 15 is 0 Å². The molecule has 142 valence electrons. The molecule has 2 aromatic carbocycles. The highest BCUT2D eigenvalue weighted by Gasteiger charge is 2.19. The first-order chi connectivity index (χ1) is 13.6. The van der Waals surface area contributed by atoms with Crippen LogP contribution in [0.1, 0.15) is 18.1 Å². The van der Waals surface area contributed by atoms with Gasteiger partial charge in [0.1, 0.15) is 5.75 Å². The van der Waals surface area contributed by atoms with Gasteiger partial charge < -0.3 is 9.15 Å². The Morgan fingerprint density at radius 2 is 1.96 bits per heavy atom. The van der Waals surface area contributed by atoms with Crippen LogP contribution >= 0.6 is 23.4 Å². The number of thioether (sulfide) groups is 1. The fourth-order valence-corrected chi connectivity index (χ4v) is 3.76. The van der Waals surface area contributed by atoms with Crippen LogP contribution in [0.5, 0.6) is 5.75 Å². The summed E-state index contributed by atoms with van der Waals surface area (Å²) in [4.78, 5) is 4.45. The average Bonchev–Trinajstić information content (AvgIpc) is 3.38. The van der Waals surface area contributed by atoms with E-state index in [1.54, 1.807) is 13.3 Å². The van der Waals surface area contributed by atoms with Gasteiger partial charge in [-0.05, 0) is 49.4 Å². The summed E-state index contributed by atoms with van der Waals surface area (Å²) in [6.07, 6.45) is 3.66. The molecule has 0 amide bonds. The lowest BCUT2D eigenvalue weighted by atomic mass is 10.2. The van der Waals surface area contributed by atoms with Gasteiger partial charge in [-0.3, -0.25) is 4.57 Å². The van der Waals surface area contributed by atoms with E-state index in [2.05, 4.69) is 15.2 Å². The van der Waals surface area contributed by atoms with Crippen LogP contribution < -0.4 is 4.74 Å². The summed E-state index contributed by atoms with van der Waals surface area (Å²) in [5.74, 6) is 1.79. The molecule has 4 aromatic rings. The van der Waals surface area contributed by atoms with Crippen LogP contribution in [0, 0.1) is 0 Å². The molecule has 0 radical (unpaired) electrons. The molecule has 4 rings (SSSR count). The lowest BCUT2D eigenvalue weighted by Gasteiger charge is -2.10. The summed E-state index contributed by atoms with van der Waals surface area (Å²) in [6, 6.07) is 15.1. The predicted molar refractivity (Wildman–Crippen MR) is 109 cm³/mol. The number of ether oxygens (including phenoxy) is 1. The van der Waals surface area contributed by atoms with Gasteiger partial charge in [0.25, 0.3) is 0 Å². The summed E-state index contributed by atoms with van der Waals surface area (Å²) >= 11 is 7.65. The molecule has 1 unspecified atom stereocenters. The molecule has 0 aliphatic heterocycles. The second-order valence-corrected chi connectivity index (χ2v) is 7.74. The first-order valence-electron chi connectivity index (χ1n) is 8.58. The van der Waals surface area contributed by atoms with Crippen molar-refractivity contribution in [3.8, 4) is 22.9 Å². The van der Waals surface area contributed by atoms with E-state index < -0.39 is 0 Å². The van der Waals surface area contributed by atoms with Gasteiger partial charge in [-0.2, -0.15) is 0 Å². The highest BCUT2D eigenvalue weighted by atomic mass is 35.5. The van der Waals surface area contributed by atoms with Gasteiger partial charge >= 0.3 is 0 Å². The normalized spacial score (nSPS) is 12.1. The van der Waals surface area contributed by atoms with Crippen LogP contribution in [0.4, 0.5) is 0 Å².